The van der Waals surface area contributed by atoms with Gasteiger partial charge in [-0.05, 0) is 49.9 Å². The molecule has 3 unspecified atom stereocenters. The van der Waals surface area contributed by atoms with Gasteiger partial charge in [-0.25, -0.2) is 0 Å². The zero-order chi connectivity index (χ0) is 22.0. The zero-order valence-electron chi connectivity index (χ0n) is 19.0. The molecule has 1 saturated heterocycles. The lowest BCUT2D eigenvalue weighted by molar-refractivity contribution is -0.127. The normalized spacial score (nSPS) is 32.1. The first-order valence-corrected chi connectivity index (χ1v) is 12.2. The van der Waals surface area contributed by atoms with Gasteiger partial charge in [-0.2, -0.15) is 0 Å². The fourth-order valence-electron chi connectivity index (χ4n) is 5.59. The molecule has 7 heteroatoms. The van der Waals surface area contributed by atoms with E-state index < -0.39 is 5.43 Å². The Kier molecular flexibility index (Phi) is 6.99. The van der Waals surface area contributed by atoms with E-state index in [1.165, 1.54) is 12.8 Å². The topological polar surface area (TPSA) is 87.7 Å². The van der Waals surface area contributed by atoms with Crippen molar-refractivity contribution in [2.24, 2.45) is 23.7 Å². The molecule has 1 aromatic rings. The summed E-state index contributed by atoms with van der Waals surface area (Å²) in [5.74, 6) is 2.00. The summed E-state index contributed by atoms with van der Waals surface area (Å²) in [5, 5.41) is 6.61. The summed E-state index contributed by atoms with van der Waals surface area (Å²) in [6.07, 6.45) is 7.33. The van der Waals surface area contributed by atoms with Crippen LogP contribution < -0.4 is 26.4 Å². The van der Waals surface area contributed by atoms with Gasteiger partial charge < -0.3 is 20.3 Å². The molecule has 3 aliphatic rings. The predicted octanol–water partition coefficient (Wildman–Crippen LogP) is 2.28. The minimum atomic E-state index is -0.398. The van der Waals surface area contributed by atoms with E-state index in [2.05, 4.69) is 24.5 Å². The SMILES string of the molecule is CC1CCCC(NC(=O)C2CCC(CNc3c(N4CCOCC4)c(=O)c3=O)CC2)C1C. The third-order valence-electron chi connectivity index (χ3n) is 8.03. The third kappa shape index (κ3) is 4.81. The van der Waals surface area contributed by atoms with E-state index in [1.807, 2.05) is 4.90 Å². The molecule has 0 spiro atoms. The van der Waals surface area contributed by atoms with Crippen molar-refractivity contribution in [1.29, 1.82) is 0 Å². The van der Waals surface area contributed by atoms with Gasteiger partial charge in [-0.3, -0.25) is 14.4 Å². The highest BCUT2D eigenvalue weighted by atomic mass is 16.5. The number of hydrogen-bond acceptors (Lipinski definition) is 6. The van der Waals surface area contributed by atoms with Crippen molar-refractivity contribution in [1.82, 2.24) is 5.32 Å². The van der Waals surface area contributed by atoms with Crippen LogP contribution in [0.5, 0.6) is 0 Å². The first-order valence-electron chi connectivity index (χ1n) is 12.2. The minimum absolute atomic E-state index is 0.107. The van der Waals surface area contributed by atoms with E-state index in [4.69, 9.17) is 4.74 Å². The number of nitrogens with one attached hydrogen (secondary N) is 2. The highest BCUT2D eigenvalue weighted by Gasteiger charge is 2.33. The molecule has 0 aromatic heterocycles. The van der Waals surface area contributed by atoms with E-state index in [0.29, 0.717) is 68.0 Å². The summed E-state index contributed by atoms with van der Waals surface area (Å²) in [6, 6.07) is 0.323. The maximum absolute atomic E-state index is 12.8. The lowest BCUT2D eigenvalue weighted by atomic mass is 9.77. The van der Waals surface area contributed by atoms with Gasteiger partial charge in [-0.1, -0.05) is 26.7 Å². The number of carbonyl (C=O) groups excluding carboxylic acids is 1. The Morgan fingerprint density at radius 1 is 1.00 bits per heavy atom. The van der Waals surface area contributed by atoms with Crippen LogP contribution in [0.1, 0.15) is 58.8 Å². The minimum Gasteiger partial charge on any atom is -0.380 e. The standard InChI is InChI=1S/C24H37N3O4/c1-15-4-3-5-19(16(15)2)26-24(30)18-8-6-17(7-9-18)14-25-20-21(23(29)22(20)28)27-10-12-31-13-11-27/h15-19,25H,3-14H2,1-2H3,(H,26,30). The summed E-state index contributed by atoms with van der Waals surface area (Å²) in [7, 11) is 0. The molecule has 0 bridgehead atoms. The quantitative estimate of drug-likeness (QED) is 0.672. The van der Waals surface area contributed by atoms with Gasteiger partial charge in [0, 0.05) is 31.6 Å². The molecule has 172 valence electrons. The Morgan fingerprint density at radius 3 is 2.42 bits per heavy atom. The second-order valence-electron chi connectivity index (χ2n) is 9.96. The first kappa shape index (κ1) is 22.3. The van der Waals surface area contributed by atoms with Crippen LogP contribution in [0.25, 0.3) is 0 Å². The van der Waals surface area contributed by atoms with Crippen LogP contribution in [0.3, 0.4) is 0 Å². The number of ether oxygens (including phenoxy) is 1. The van der Waals surface area contributed by atoms with Gasteiger partial charge >= 0.3 is 0 Å². The van der Waals surface area contributed by atoms with Gasteiger partial charge in [0.2, 0.25) is 5.91 Å². The van der Waals surface area contributed by atoms with Crippen LogP contribution in [-0.4, -0.2) is 44.8 Å². The number of rotatable bonds is 6. The van der Waals surface area contributed by atoms with Crippen LogP contribution >= 0.6 is 0 Å². The molecule has 4 rings (SSSR count). The molecule has 1 amide bonds. The average Bonchev–Trinajstić information content (AvgIpc) is 2.80. The molecule has 1 aliphatic heterocycles. The fraction of sp³-hybridized carbons (Fsp3) is 0.792. The Labute approximate surface area is 184 Å². The smallest absolute Gasteiger partial charge is 0.253 e. The molecule has 3 fully saturated rings. The average molecular weight is 432 g/mol. The molecule has 2 aliphatic carbocycles. The van der Waals surface area contributed by atoms with Crippen LogP contribution in [0.15, 0.2) is 9.59 Å². The van der Waals surface area contributed by atoms with Gasteiger partial charge in [0.15, 0.2) is 0 Å². The zero-order valence-corrected chi connectivity index (χ0v) is 19.0. The van der Waals surface area contributed by atoms with Crippen molar-refractivity contribution in [2.45, 2.75) is 64.8 Å². The Hall–Kier alpha value is -1.89. The van der Waals surface area contributed by atoms with Gasteiger partial charge in [0.1, 0.15) is 11.4 Å². The number of nitrogens with zero attached hydrogens (tertiary/aromatic N) is 1. The van der Waals surface area contributed by atoms with E-state index in [0.717, 1.165) is 32.1 Å². The van der Waals surface area contributed by atoms with Gasteiger partial charge in [0.05, 0.1) is 13.2 Å². The molecule has 0 radical (unpaired) electrons. The Morgan fingerprint density at radius 2 is 1.71 bits per heavy atom. The number of morpholine rings is 1. The van der Waals surface area contributed by atoms with Crippen molar-refractivity contribution >= 4 is 17.3 Å². The van der Waals surface area contributed by atoms with Crippen molar-refractivity contribution in [3.05, 3.63) is 20.4 Å². The largest absolute Gasteiger partial charge is 0.380 e. The van der Waals surface area contributed by atoms with E-state index in [-0.39, 0.29) is 17.3 Å². The summed E-state index contributed by atoms with van der Waals surface area (Å²) in [4.78, 5) is 38.9. The maximum Gasteiger partial charge on any atom is 0.253 e. The molecular formula is C24H37N3O4. The summed E-state index contributed by atoms with van der Waals surface area (Å²) < 4.78 is 5.35. The second-order valence-corrected chi connectivity index (χ2v) is 9.96. The fourth-order valence-corrected chi connectivity index (χ4v) is 5.59. The highest BCUT2D eigenvalue weighted by Crippen LogP contribution is 2.32. The van der Waals surface area contributed by atoms with E-state index >= 15 is 0 Å². The number of amides is 1. The molecule has 1 aromatic carbocycles. The third-order valence-corrected chi connectivity index (χ3v) is 8.03. The molecule has 3 atom stereocenters. The maximum atomic E-state index is 12.8. The Balaban J connectivity index is 1.24. The molecule has 31 heavy (non-hydrogen) atoms. The summed E-state index contributed by atoms with van der Waals surface area (Å²) in [5.41, 5.74) is 0.241. The van der Waals surface area contributed by atoms with Gasteiger partial charge in [-0.15, -0.1) is 0 Å². The lowest BCUT2D eigenvalue weighted by Crippen LogP contribution is -2.47. The molecule has 2 saturated carbocycles. The molecule has 1 heterocycles. The van der Waals surface area contributed by atoms with Crippen LogP contribution in [0.2, 0.25) is 0 Å². The first-order chi connectivity index (χ1) is 15.0. The van der Waals surface area contributed by atoms with Crippen molar-refractivity contribution in [3.8, 4) is 0 Å². The highest BCUT2D eigenvalue weighted by molar-refractivity contribution is 5.79. The van der Waals surface area contributed by atoms with Crippen LogP contribution in [0.4, 0.5) is 11.4 Å². The van der Waals surface area contributed by atoms with E-state index in [1.54, 1.807) is 0 Å². The Bertz CT molecular complexity index is 832. The van der Waals surface area contributed by atoms with Crippen molar-refractivity contribution < 1.29 is 9.53 Å². The summed E-state index contributed by atoms with van der Waals surface area (Å²) in [6.45, 7) is 7.72. The van der Waals surface area contributed by atoms with Crippen LogP contribution in [0, 0.1) is 23.7 Å². The number of anilines is 2. The monoisotopic (exact) mass is 431 g/mol. The van der Waals surface area contributed by atoms with E-state index in [9.17, 15) is 14.4 Å². The lowest BCUT2D eigenvalue weighted by Gasteiger charge is -2.36. The number of hydrogen-bond donors (Lipinski definition) is 2. The molecule has 2 N–H and O–H groups in total. The molecule has 7 nitrogen and oxygen atoms in total. The molecular weight excluding hydrogens is 394 g/mol. The van der Waals surface area contributed by atoms with Crippen LogP contribution in [-0.2, 0) is 9.53 Å². The number of carbonyl (C=O) groups is 1. The summed E-state index contributed by atoms with van der Waals surface area (Å²) >= 11 is 0. The second kappa shape index (κ2) is 9.72. The van der Waals surface area contributed by atoms with Crippen molar-refractivity contribution in [2.75, 3.05) is 43.1 Å². The van der Waals surface area contributed by atoms with Gasteiger partial charge in [0.25, 0.3) is 10.9 Å². The predicted molar refractivity (Wildman–Crippen MR) is 122 cm³/mol. The van der Waals surface area contributed by atoms with Crippen molar-refractivity contribution in [3.63, 3.8) is 0 Å².